The molecule has 10 heteroatoms. The summed E-state index contributed by atoms with van der Waals surface area (Å²) < 4.78 is 48.9. The van der Waals surface area contributed by atoms with Gasteiger partial charge in [0.2, 0.25) is 0 Å². The first-order valence-corrected chi connectivity index (χ1v) is 10.5. The maximum Gasteiger partial charge on any atom is 0.422 e. The Morgan fingerprint density at radius 3 is 2.74 bits per heavy atom. The van der Waals surface area contributed by atoms with E-state index >= 15 is 0 Å². The largest absolute Gasteiger partial charge is 0.484 e. The molecular formula is C24H19ClF3N3O3. The Morgan fingerprint density at radius 1 is 1.15 bits per heavy atom. The molecule has 0 aliphatic carbocycles. The lowest BCUT2D eigenvalue weighted by Gasteiger charge is -2.12. The van der Waals surface area contributed by atoms with Crippen molar-refractivity contribution in [2.45, 2.75) is 12.7 Å². The van der Waals surface area contributed by atoms with Crippen LogP contribution in [0.3, 0.4) is 0 Å². The van der Waals surface area contributed by atoms with Crippen LogP contribution in [0.5, 0.6) is 5.75 Å². The van der Waals surface area contributed by atoms with Gasteiger partial charge in [-0.3, -0.25) is 0 Å². The molecule has 176 valence electrons. The summed E-state index contributed by atoms with van der Waals surface area (Å²) in [6, 6.07) is 15.6. The smallest absolute Gasteiger partial charge is 0.422 e. The van der Waals surface area contributed by atoms with Crippen LogP contribution in [0.2, 0.25) is 5.02 Å². The molecule has 0 bridgehead atoms. The molecule has 2 aromatic carbocycles. The minimum atomic E-state index is -4.39. The SMILES string of the molecule is COC(=O)c1cc(Cl)cnc1Nc1ccc2c(ccn2Cc2cccc(OCC(F)(F)F)c2)c1. The fourth-order valence-corrected chi connectivity index (χ4v) is 3.61. The number of benzene rings is 2. The minimum absolute atomic E-state index is 0.162. The number of hydrogen-bond acceptors (Lipinski definition) is 5. The van der Waals surface area contributed by atoms with Crippen LogP contribution in [0.15, 0.2) is 67.0 Å². The average molecular weight is 490 g/mol. The first-order valence-electron chi connectivity index (χ1n) is 10.1. The molecule has 0 saturated heterocycles. The van der Waals surface area contributed by atoms with Gasteiger partial charge < -0.3 is 19.4 Å². The van der Waals surface area contributed by atoms with E-state index in [0.29, 0.717) is 23.1 Å². The highest BCUT2D eigenvalue weighted by Crippen LogP contribution is 2.27. The number of aromatic nitrogens is 2. The maximum atomic E-state index is 12.4. The second-order valence-electron chi connectivity index (χ2n) is 7.43. The second kappa shape index (κ2) is 9.64. The molecule has 2 aromatic heterocycles. The first kappa shape index (κ1) is 23.4. The lowest BCUT2D eigenvalue weighted by atomic mass is 10.2. The van der Waals surface area contributed by atoms with Gasteiger partial charge in [-0.2, -0.15) is 13.2 Å². The standard InChI is InChI=1S/C24H19ClF3N3O3/c1-33-23(32)20-11-17(25)12-29-22(20)30-18-5-6-21-16(10-18)7-8-31(21)13-15-3-2-4-19(9-15)34-14-24(26,27)28/h2-12H,13-14H2,1H3,(H,29,30). The highest BCUT2D eigenvalue weighted by molar-refractivity contribution is 6.30. The molecule has 2 heterocycles. The van der Waals surface area contributed by atoms with Crippen LogP contribution in [0.4, 0.5) is 24.7 Å². The number of methoxy groups -OCH3 is 1. The fraction of sp³-hybridized carbons (Fsp3) is 0.167. The van der Waals surface area contributed by atoms with E-state index in [4.69, 9.17) is 21.1 Å². The van der Waals surface area contributed by atoms with Crippen LogP contribution in [0.25, 0.3) is 10.9 Å². The third kappa shape index (κ3) is 5.60. The minimum Gasteiger partial charge on any atom is -0.484 e. The van der Waals surface area contributed by atoms with Crippen LogP contribution < -0.4 is 10.1 Å². The molecule has 0 amide bonds. The molecule has 0 aliphatic rings. The number of ether oxygens (including phenoxy) is 2. The number of pyridine rings is 1. The number of anilines is 2. The van der Waals surface area contributed by atoms with E-state index < -0.39 is 18.8 Å². The number of carbonyl (C=O) groups excluding carboxylic acids is 1. The summed E-state index contributed by atoms with van der Waals surface area (Å²) in [6.45, 7) is -0.885. The van der Waals surface area contributed by atoms with Gasteiger partial charge in [-0.15, -0.1) is 0 Å². The molecule has 0 spiro atoms. The van der Waals surface area contributed by atoms with Gasteiger partial charge in [-0.25, -0.2) is 9.78 Å². The van der Waals surface area contributed by atoms with Crippen LogP contribution in [0.1, 0.15) is 15.9 Å². The van der Waals surface area contributed by atoms with Crippen molar-refractivity contribution in [3.8, 4) is 5.75 Å². The van der Waals surface area contributed by atoms with Crippen molar-refractivity contribution in [3.05, 3.63) is 83.1 Å². The van der Waals surface area contributed by atoms with Gasteiger partial charge in [0.1, 0.15) is 17.1 Å². The lowest BCUT2D eigenvalue weighted by molar-refractivity contribution is -0.153. The van der Waals surface area contributed by atoms with Crippen molar-refractivity contribution in [1.29, 1.82) is 0 Å². The molecule has 1 N–H and O–H groups in total. The number of halogens is 4. The number of nitrogens with one attached hydrogen (secondary N) is 1. The summed E-state index contributed by atoms with van der Waals surface area (Å²) in [6.07, 6.45) is -1.08. The second-order valence-corrected chi connectivity index (χ2v) is 7.87. The molecule has 0 saturated carbocycles. The maximum absolute atomic E-state index is 12.4. The van der Waals surface area contributed by atoms with Gasteiger partial charge in [-0.05, 0) is 48.0 Å². The first-order chi connectivity index (χ1) is 16.2. The molecule has 4 rings (SSSR count). The van der Waals surface area contributed by atoms with Crippen molar-refractivity contribution in [1.82, 2.24) is 9.55 Å². The van der Waals surface area contributed by atoms with Crippen molar-refractivity contribution >= 4 is 40.0 Å². The molecule has 6 nitrogen and oxygen atoms in total. The average Bonchev–Trinajstić information content (AvgIpc) is 3.20. The highest BCUT2D eigenvalue weighted by atomic mass is 35.5. The zero-order valence-corrected chi connectivity index (χ0v) is 18.7. The zero-order chi connectivity index (χ0) is 24.3. The topological polar surface area (TPSA) is 65.4 Å². The predicted octanol–water partition coefficient (Wildman–Crippen LogP) is 6.21. The van der Waals surface area contributed by atoms with E-state index in [1.165, 1.54) is 25.4 Å². The van der Waals surface area contributed by atoms with Crippen LogP contribution in [-0.2, 0) is 11.3 Å². The predicted molar refractivity (Wildman–Crippen MR) is 123 cm³/mol. The Balaban J connectivity index is 1.53. The monoisotopic (exact) mass is 489 g/mol. The van der Waals surface area contributed by atoms with Gasteiger partial charge >= 0.3 is 12.1 Å². The third-order valence-corrected chi connectivity index (χ3v) is 5.15. The van der Waals surface area contributed by atoms with Gasteiger partial charge in [0.05, 0.1) is 12.1 Å². The fourth-order valence-electron chi connectivity index (χ4n) is 3.45. The Morgan fingerprint density at radius 2 is 1.97 bits per heavy atom. The van der Waals surface area contributed by atoms with E-state index in [1.807, 2.05) is 41.1 Å². The van der Waals surface area contributed by atoms with E-state index in [0.717, 1.165) is 16.5 Å². The van der Waals surface area contributed by atoms with Crippen molar-refractivity contribution in [2.24, 2.45) is 0 Å². The van der Waals surface area contributed by atoms with E-state index in [9.17, 15) is 18.0 Å². The molecule has 0 radical (unpaired) electrons. The van der Waals surface area contributed by atoms with Crippen molar-refractivity contribution in [2.75, 3.05) is 19.0 Å². The normalized spacial score (nSPS) is 11.4. The summed E-state index contributed by atoms with van der Waals surface area (Å²) in [5.74, 6) is -0.0912. The van der Waals surface area contributed by atoms with E-state index in [1.54, 1.807) is 12.1 Å². The van der Waals surface area contributed by atoms with Gasteiger partial charge in [0.15, 0.2) is 6.61 Å². The number of fused-ring (bicyclic) bond motifs is 1. The summed E-state index contributed by atoms with van der Waals surface area (Å²) in [7, 11) is 1.28. The Bertz CT molecular complexity index is 1340. The van der Waals surface area contributed by atoms with Gasteiger partial charge in [0.25, 0.3) is 0 Å². The zero-order valence-electron chi connectivity index (χ0n) is 17.9. The number of carbonyl (C=O) groups is 1. The van der Waals surface area contributed by atoms with Gasteiger partial charge in [-0.1, -0.05) is 23.7 Å². The number of rotatable bonds is 7. The van der Waals surface area contributed by atoms with E-state index in [-0.39, 0.29) is 11.3 Å². The molecule has 4 aromatic rings. The number of esters is 1. The Kier molecular flexibility index (Phi) is 6.65. The van der Waals surface area contributed by atoms with Crippen molar-refractivity contribution < 1.29 is 27.4 Å². The van der Waals surface area contributed by atoms with Crippen LogP contribution in [-0.4, -0.2) is 35.4 Å². The van der Waals surface area contributed by atoms with Crippen molar-refractivity contribution in [3.63, 3.8) is 0 Å². The third-order valence-electron chi connectivity index (χ3n) is 4.95. The molecule has 0 fully saturated rings. The van der Waals surface area contributed by atoms with Crippen LogP contribution >= 0.6 is 11.6 Å². The molecule has 0 atom stereocenters. The lowest BCUT2D eigenvalue weighted by Crippen LogP contribution is -2.19. The summed E-state index contributed by atoms with van der Waals surface area (Å²) in [5, 5.41) is 4.34. The highest BCUT2D eigenvalue weighted by Gasteiger charge is 2.28. The summed E-state index contributed by atoms with van der Waals surface area (Å²) >= 11 is 5.96. The molecule has 0 unspecified atom stereocenters. The number of hydrogen-bond donors (Lipinski definition) is 1. The Labute approximate surface area is 197 Å². The Hall–Kier alpha value is -3.72. The molecular weight excluding hydrogens is 471 g/mol. The van der Waals surface area contributed by atoms with Gasteiger partial charge in [0, 0.05) is 35.5 Å². The molecule has 34 heavy (non-hydrogen) atoms. The van der Waals surface area contributed by atoms with E-state index in [2.05, 4.69) is 10.3 Å². The van der Waals surface area contributed by atoms with Crippen LogP contribution in [0, 0.1) is 0 Å². The summed E-state index contributed by atoms with van der Waals surface area (Å²) in [4.78, 5) is 16.2. The number of nitrogens with zero attached hydrogens (tertiary/aromatic N) is 2. The summed E-state index contributed by atoms with van der Waals surface area (Å²) in [5.41, 5.74) is 2.63. The number of alkyl halides is 3. The molecule has 0 aliphatic heterocycles. The quantitative estimate of drug-likeness (QED) is 0.313.